The summed E-state index contributed by atoms with van der Waals surface area (Å²) in [5, 5.41) is 12.7. The fourth-order valence-corrected chi connectivity index (χ4v) is 3.51. The minimum Gasteiger partial charge on any atom is -0.392 e. The second kappa shape index (κ2) is 7.43. The zero-order valence-electron chi connectivity index (χ0n) is 13.8. The monoisotopic (exact) mass is 317 g/mol. The van der Waals surface area contributed by atoms with Crippen LogP contribution in [0.3, 0.4) is 0 Å². The van der Waals surface area contributed by atoms with Crippen LogP contribution in [-0.4, -0.2) is 65.2 Å². The zero-order chi connectivity index (χ0) is 16.2. The first kappa shape index (κ1) is 16.4. The van der Waals surface area contributed by atoms with Crippen molar-refractivity contribution in [1.82, 2.24) is 15.1 Å². The smallest absolute Gasteiger partial charge is 0.239 e. The molecule has 2 heterocycles. The van der Waals surface area contributed by atoms with Crippen molar-refractivity contribution < 1.29 is 9.90 Å². The normalized spacial score (nSPS) is 29.5. The Labute approximate surface area is 138 Å². The number of aliphatic hydroxyl groups excluding tert-OH is 1. The second-order valence-corrected chi connectivity index (χ2v) is 6.77. The van der Waals surface area contributed by atoms with Crippen molar-refractivity contribution in [1.29, 1.82) is 0 Å². The van der Waals surface area contributed by atoms with Gasteiger partial charge in [-0.15, -0.1) is 0 Å². The molecule has 3 atom stereocenters. The molecule has 5 heteroatoms. The maximum atomic E-state index is 12.6. The Morgan fingerprint density at radius 2 is 2.04 bits per heavy atom. The first-order valence-electron chi connectivity index (χ1n) is 8.61. The molecule has 0 bridgehead atoms. The average Bonchev–Trinajstić information content (AvgIpc) is 2.92. The van der Waals surface area contributed by atoms with Crippen LogP contribution < -0.4 is 5.32 Å². The molecule has 126 valence electrons. The Hall–Kier alpha value is -1.43. The molecule has 23 heavy (non-hydrogen) atoms. The van der Waals surface area contributed by atoms with E-state index in [0.717, 1.165) is 32.6 Å². The minimum atomic E-state index is -0.385. The molecular weight excluding hydrogens is 290 g/mol. The average molecular weight is 317 g/mol. The minimum absolute atomic E-state index is 0.148. The van der Waals surface area contributed by atoms with Crippen molar-refractivity contribution in [2.45, 2.75) is 44.5 Å². The van der Waals surface area contributed by atoms with Gasteiger partial charge in [-0.1, -0.05) is 30.3 Å². The lowest BCUT2D eigenvalue weighted by atomic mass is 10.1. The predicted octanol–water partition coefficient (Wildman–Crippen LogP) is 0.832. The van der Waals surface area contributed by atoms with Gasteiger partial charge in [-0.05, 0) is 25.3 Å². The summed E-state index contributed by atoms with van der Waals surface area (Å²) in [6.07, 6.45) is 1.15. The second-order valence-electron chi connectivity index (χ2n) is 6.77. The number of carbonyl (C=O) groups is 1. The molecule has 2 N–H and O–H groups in total. The maximum absolute atomic E-state index is 12.6. The highest BCUT2D eigenvalue weighted by molar-refractivity contribution is 5.82. The van der Waals surface area contributed by atoms with Gasteiger partial charge in [0, 0.05) is 38.8 Å². The molecule has 1 amide bonds. The quantitative estimate of drug-likeness (QED) is 0.867. The van der Waals surface area contributed by atoms with Crippen LogP contribution in [0, 0.1) is 0 Å². The number of β-amino-alcohol motifs (C(OH)–C–C–N with tert-alkyl or cyclic N) is 1. The lowest BCUT2D eigenvalue weighted by molar-refractivity contribution is -0.133. The highest BCUT2D eigenvalue weighted by Crippen LogP contribution is 2.17. The van der Waals surface area contributed by atoms with Gasteiger partial charge in [0.25, 0.3) is 0 Å². The molecule has 5 nitrogen and oxygen atoms in total. The number of benzene rings is 1. The fraction of sp³-hybridized carbons (Fsp3) is 0.611. The van der Waals surface area contributed by atoms with Gasteiger partial charge >= 0.3 is 0 Å². The Bertz CT molecular complexity index is 522. The van der Waals surface area contributed by atoms with Gasteiger partial charge in [-0.25, -0.2) is 0 Å². The molecular formula is C18H27N3O2. The Morgan fingerprint density at radius 3 is 2.74 bits per heavy atom. The number of nitrogens with one attached hydrogen (secondary N) is 1. The largest absolute Gasteiger partial charge is 0.392 e. The van der Waals surface area contributed by atoms with Gasteiger partial charge in [0.05, 0.1) is 12.1 Å². The van der Waals surface area contributed by atoms with E-state index in [2.05, 4.69) is 41.4 Å². The number of carbonyl (C=O) groups excluding carboxylic acids is 1. The number of aliphatic hydroxyl groups is 1. The lowest BCUT2D eigenvalue weighted by Crippen LogP contribution is -2.45. The van der Waals surface area contributed by atoms with Crippen LogP contribution >= 0.6 is 0 Å². The van der Waals surface area contributed by atoms with Crippen LogP contribution in [0.25, 0.3) is 0 Å². The summed E-state index contributed by atoms with van der Waals surface area (Å²) in [5.74, 6) is 0.148. The third-order valence-electron chi connectivity index (χ3n) is 5.04. The van der Waals surface area contributed by atoms with Crippen molar-refractivity contribution in [3.05, 3.63) is 35.9 Å². The molecule has 0 radical (unpaired) electrons. The van der Waals surface area contributed by atoms with Gasteiger partial charge in [0.2, 0.25) is 5.91 Å². The van der Waals surface area contributed by atoms with Crippen molar-refractivity contribution in [2.24, 2.45) is 0 Å². The van der Waals surface area contributed by atoms with Crippen LogP contribution in [0.1, 0.15) is 25.3 Å². The lowest BCUT2D eigenvalue weighted by Gasteiger charge is -2.26. The fourth-order valence-electron chi connectivity index (χ4n) is 3.51. The predicted molar refractivity (Wildman–Crippen MR) is 89.9 cm³/mol. The number of nitrogens with zero attached hydrogens (tertiary/aromatic N) is 2. The van der Waals surface area contributed by atoms with Gasteiger partial charge in [0.15, 0.2) is 0 Å². The summed E-state index contributed by atoms with van der Waals surface area (Å²) in [6.45, 7) is 6.18. The molecule has 0 saturated carbocycles. The molecule has 0 aliphatic carbocycles. The van der Waals surface area contributed by atoms with Crippen LogP contribution in [0.2, 0.25) is 0 Å². The van der Waals surface area contributed by atoms with E-state index in [9.17, 15) is 9.90 Å². The summed E-state index contributed by atoms with van der Waals surface area (Å²) in [4.78, 5) is 17.0. The highest BCUT2D eigenvalue weighted by Gasteiger charge is 2.32. The summed E-state index contributed by atoms with van der Waals surface area (Å²) in [5.41, 5.74) is 1.32. The Balaban J connectivity index is 1.58. The van der Waals surface area contributed by atoms with E-state index in [4.69, 9.17) is 0 Å². The molecule has 0 aromatic heterocycles. The van der Waals surface area contributed by atoms with E-state index >= 15 is 0 Å². The molecule has 0 spiro atoms. The van der Waals surface area contributed by atoms with Crippen LogP contribution in [-0.2, 0) is 11.3 Å². The Morgan fingerprint density at radius 1 is 1.26 bits per heavy atom. The van der Waals surface area contributed by atoms with E-state index < -0.39 is 0 Å². The standard InChI is InChI=1S/C18H27N3O2/c1-14-7-8-20(18(23)17-11-16(22)12-19-17)9-10-21(14)13-15-5-3-2-4-6-15/h2-6,14,16-17,19,22H,7-13H2,1H3. The van der Waals surface area contributed by atoms with Crippen molar-refractivity contribution in [3.8, 4) is 0 Å². The highest BCUT2D eigenvalue weighted by atomic mass is 16.3. The molecule has 1 aromatic rings. The van der Waals surface area contributed by atoms with Gasteiger partial charge in [0.1, 0.15) is 0 Å². The summed E-state index contributed by atoms with van der Waals surface area (Å²) in [6, 6.07) is 10.8. The summed E-state index contributed by atoms with van der Waals surface area (Å²) >= 11 is 0. The molecule has 1 aromatic carbocycles. The Kier molecular flexibility index (Phi) is 5.30. The van der Waals surface area contributed by atoms with E-state index in [0.29, 0.717) is 19.0 Å². The molecule has 2 saturated heterocycles. The van der Waals surface area contributed by atoms with Crippen molar-refractivity contribution in [3.63, 3.8) is 0 Å². The van der Waals surface area contributed by atoms with E-state index in [1.54, 1.807) is 0 Å². The third-order valence-corrected chi connectivity index (χ3v) is 5.04. The van der Waals surface area contributed by atoms with Crippen LogP contribution in [0.4, 0.5) is 0 Å². The summed E-state index contributed by atoms with van der Waals surface area (Å²) in [7, 11) is 0. The first-order chi connectivity index (χ1) is 11.1. The molecule has 2 fully saturated rings. The molecule has 3 unspecified atom stereocenters. The van der Waals surface area contributed by atoms with Gasteiger partial charge in [-0.2, -0.15) is 0 Å². The zero-order valence-corrected chi connectivity index (χ0v) is 13.8. The van der Waals surface area contributed by atoms with Gasteiger partial charge in [-0.3, -0.25) is 9.69 Å². The van der Waals surface area contributed by atoms with E-state index in [-0.39, 0.29) is 18.1 Å². The molecule has 3 rings (SSSR count). The SMILES string of the molecule is CC1CCN(C(=O)C2CC(O)CN2)CCN1Cc1ccccc1. The van der Waals surface area contributed by atoms with E-state index in [1.165, 1.54) is 5.56 Å². The van der Waals surface area contributed by atoms with Crippen LogP contribution in [0.5, 0.6) is 0 Å². The topological polar surface area (TPSA) is 55.8 Å². The van der Waals surface area contributed by atoms with E-state index in [1.807, 2.05) is 11.0 Å². The third kappa shape index (κ3) is 4.10. The van der Waals surface area contributed by atoms with Crippen molar-refractivity contribution in [2.75, 3.05) is 26.2 Å². The van der Waals surface area contributed by atoms with Crippen molar-refractivity contribution >= 4 is 5.91 Å². The maximum Gasteiger partial charge on any atom is 0.239 e. The van der Waals surface area contributed by atoms with Gasteiger partial charge < -0.3 is 15.3 Å². The number of rotatable bonds is 3. The molecule has 2 aliphatic heterocycles. The number of hydrogen-bond donors (Lipinski definition) is 2. The number of amides is 1. The van der Waals surface area contributed by atoms with Crippen LogP contribution in [0.15, 0.2) is 30.3 Å². The first-order valence-corrected chi connectivity index (χ1v) is 8.61. The summed E-state index contributed by atoms with van der Waals surface area (Å²) < 4.78 is 0. The molecule has 2 aliphatic rings. The number of hydrogen-bond acceptors (Lipinski definition) is 4.